The number of carbonyl (C=O) groups excluding carboxylic acids is 1. The van der Waals surface area contributed by atoms with Crippen LogP contribution >= 0.6 is 0 Å². The van der Waals surface area contributed by atoms with Gasteiger partial charge in [0.15, 0.2) is 0 Å². The number of aromatic amines is 1. The van der Waals surface area contributed by atoms with Gasteiger partial charge in [0, 0.05) is 34.6 Å². The van der Waals surface area contributed by atoms with E-state index in [0.29, 0.717) is 6.54 Å². The summed E-state index contributed by atoms with van der Waals surface area (Å²) in [5.41, 5.74) is 5.42. The van der Waals surface area contributed by atoms with Crippen LogP contribution in [0.5, 0.6) is 0 Å². The topological polar surface area (TPSA) is 36.1 Å². The average Bonchev–Trinajstić information content (AvgIpc) is 3.21. The zero-order valence-electron chi connectivity index (χ0n) is 17.1. The van der Waals surface area contributed by atoms with E-state index in [1.165, 1.54) is 10.9 Å². The van der Waals surface area contributed by atoms with Gasteiger partial charge >= 0.3 is 0 Å². The number of nitrogens with one attached hydrogen (secondary N) is 1. The highest BCUT2D eigenvalue weighted by molar-refractivity contribution is 5.95. The lowest BCUT2D eigenvalue weighted by atomic mass is 9.96. The maximum atomic E-state index is 13.1. The van der Waals surface area contributed by atoms with E-state index in [1.807, 2.05) is 59.5 Å². The van der Waals surface area contributed by atoms with Crippen LogP contribution < -0.4 is 0 Å². The predicted molar refractivity (Wildman–Crippen MR) is 125 cm³/mol. The van der Waals surface area contributed by atoms with Crippen LogP contribution in [0.2, 0.25) is 0 Å². The second-order valence-electron chi connectivity index (χ2n) is 7.64. The first kappa shape index (κ1) is 19.0. The number of nitrogens with zero attached hydrogens (tertiary/aromatic N) is 1. The summed E-state index contributed by atoms with van der Waals surface area (Å²) in [6.07, 6.45) is 4.99. The maximum absolute atomic E-state index is 13.1. The maximum Gasteiger partial charge on any atom is 0.299 e. The Balaban J connectivity index is 1.53. The van der Waals surface area contributed by atoms with Crippen LogP contribution in [0.4, 0.5) is 0 Å². The minimum Gasteiger partial charge on any atom is -0.356 e. The van der Waals surface area contributed by atoms with Crippen LogP contribution in [-0.2, 0) is 11.2 Å². The number of para-hydroxylation sites is 1. The number of rotatable bonds is 2. The first-order valence-corrected chi connectivity index (χ1v) is 10.5. The van der Waals surface area contributed by atoms with Gasteiger partial charge in [-0.1, -0.05) is 84.8 Å². The molecule has 0 saturated heterocycles. The average molecular weight is 402 g/mol. The molecule has 0 radical (unpaired) electrons. The summed E-state index contributed by atoms with van der Waals surface area (Å²) in [4.78, 5) is 18.6. The molecule has 150 valence electrons. The van der Waals surface area contributed by atoms with Crippen LogP contribution in [-0.4, -0.2) is 22.3 Å². The molecule has 1 amide bonds. The number of hydrogen-bond donors (Lipinski definition) is 1. The number of hydrogen-bond acceptors (Lipinski definition) is 1. The molecule has 1 aliphatic rings. The second kappa shape index (κ2) is 8.38. The molecular weight excluding hydrogens is 380 g/mol. The predicted octanol–water partition coefficient (Wildman–Crippen LogP) is 5.36. The first-order chi connectivity index (χ1) is 15.3. The molecule has 5 rings (SSSR count). The molecule has 0 bridgehead atoms. The molecule has 1 aliphatic heterocycles. The van der Waals surface area contributed by atoms with Gasteiger partial charge in [-0.05, 0) is 35.7 Å². The fourth-order valence-corrected chi connectivity index (χ4v) is 4.18. The third-order valence-electron chi connectivity index (χ3n) is 5.70. The van der Waals surface area contributed by atoms with Gasteiger partial charge in [-0.3, -0.25) is 4.79 Å². The van der Waals surface area contributed by atoms with Crippen LogP contribution in [0, 0.1) is 11.8 Å². The Hall–Kier alpha value is -4.03. The third-order valence-corrected chi connectivity index (χ3v) is 5.70. The van der Waals surface area contributed by atoms with Crippen molar-refractivity contribution in [2.75, 3.05) is 6.54 Å². The molecule has 3 heteroatoms. The lowest BCUT2D eigenvalue weighted by Gasteiger charge is -2.32. The normalized spacial score (nSPS) is 15.5. The van der Waals surface area contributed by atoms with E-state index in [0.717, 1.165) is 28.8 Å². The number of benzene rings is 3. The molecule has 0 aliphatic carbocycles. The summed E-state index contributed by atoms with van der Waals surface area (Å²) in [5.74, 6) is 5.71. The molecule has 0 fully saturated rings. The third kappa shape index (κ3) is 3.89. The SMILES string of the molecule is O=C(C#Cc1ccccc1)N1CCc2c([nH]c3ccccc23)C1/C=C/c1ccccc1. The van der Waals surface area contributed by atoms with Crippen LogP contribution in [0.3, 0.4) is 0 Å². The van der Waals surface area contributed by atoms with Crippen molar-refractivity contribution in [1.29, 1.82) is 0 Å². The van der Waals surface area contributed by atoms with Crippen molar-refractivity contribution < 1.29 is 4.79 Å². The smallest absolute Gasteiger partial charge is 0.299 e. The van der Waals surface area contributed by atoms with Crippen molar-refractivity contribution in [3.63, 3.8) is 0 Å². The highest BCUT2D eigenvalue weighted by atomic mass is 16.2. The lowest BCUT2D eigenvalue weighted by molar-refractivity contribution is -0.127. The lowest BCUT2D eigenvalue weighted by Crippen LogP contribution is -2.38. The van der Waals surface area contributed by atoms with Gasteiger partial charge in [-0.25, -0.2) is 0 Å². The van der Waals surface area contributed by atoms with Gasteiger partial charge in [0.25, 0.3) is 5.91 Å². The summed E-state index contributed by atoms with van der Waals surface area (Å²) in [6, 6.07) is 27.9. The quantitative estimate of drug-likeness (QED) is 0.450. The van der Waals surface area contributed by atoms with Crippen molar-refractivity contribution in [1.82, 2.24) is 9.88 Å². The van der Waals surface area contributed by atoms with E-state index in [-0.39, 0.29) is 11.9 Å². The van der Waals surface area contributed by atoms with E-state index >= 15 is 0 Å². The van der Waals surface area contributed by atoms with Gasteiger partial charge in [-0.2, -0.15) is 0 Å². The minimum atomic E-state index is -0.186. The van der Waals surface area contributed by atoms with E-state index in [9.17, 15) is 4.79 Å². The van der Waals surface area contributed by atoms with Crippen molar-refractivity contribution in [3.8, 4) is 11.8 Å². The molecule has 3 aromatic carbocycles. The standard InChI is InChI=1S/C28H22N2O/c31-27(18-16-22-11-5-2-6-12-22)30-20-19-24-23-13-7-8-14-25(23)29-28(24)26(30)17-15-21-9-3-1-4-10-21/h1-15,17,26,29H,19-20H2/b17-15+. The van der Waals surface area contributed by atoms with Crippen molar-refractivity contribution >= 4 is 22.9 Å². The Morgan fingerprint density at radius 1 is 0.935 bits per heavy atom. The molecular formula is C28H22N2O. The van der Waals surface area contributed by atoms with Gasteiger partial charge in [0.2, 0.25) is 0 Å². The van der Waals surface area contributed by atoms with Gasteiger partial charge in [0.05, 0.1) is 6.04 Å². The van der Waals surface area contributed by atoms with Crippen LogP contribution in [0.25, 0.3) is 17.0 Å². The number of H-pyrrole nitrogens is 1. The molecule has 1 unspecified atom stereocenters. The Kier molecular flexibility index (Phi) is 5.12. The zero-order valence-corrected chi connectivity index (χ0v) is 17.1. The Bertz CT molecular complexity index is 1310. The highest BCUT2D eigenvalue weighted by Crippen LogP contribution is 2.35. The van der Waals surface area contributed by atoms with Gasteiger partial charge < -0.3 is 9.88 Å². The van der Waals surface area contributed by atoms with Crippen molar-refractivity contribution in [2.24, 2.45) is 0 Å². The largest absolute Gasteiger partial charge is 0.356 e. The molecule has 4 aromatic rings. The molecule has 0 spiro atoms. The number of aromatic nitrogens is 1. The van der Waals surface area contributed by atoms with Gasteiger partial charge in [0.1, 0.15) is 0 Å². The van der Waals surface area contributed by atoms with E-state index in [2.05, 4.69) is 59.3 Å². The molecule has 3 nitrogen and oxygen atoms in total. The zero-order chi connectivity index (χ0) is 21.0. The summed E-state index contributed by atoms with van der Waals surface area (Å²) < 4.78 is 0. The molecule has 1 N–H and O–H groups in total. The number of amides is 1. The van der Waals surface area contributed by atoms with Crippen molar-refractivity contribution in [2.45, 2.75) is 12.5 Å². The molecule has 0 saturated carbocycles. The molecule has 31 heavy (non-hydrogen) atoms. The summed E-state index contributed by atoms with van der Waals surface area (Å²) >= 11 is 0. The molecule has 1 aromatic heterocycles. The summed E-state index contributed by atoms with van der Waals surface area (Å²) in [6.45, 7) is 0.640. The Morgan fingerprint density at radius 3 is 2.45 bits per heavy atom. The summed E-state index contributed by atoms with van der Waals surface area (Å²) in [7, 11) is 0. The second-order valence-corrected chi connectivity index (χ2v) is 7.64. The van der Waals surface area contributed by atoms with E-state index < -0.39 is 0 Å². The van der Waals surface area contributed by atoms with E-state index in [1.54, 1.807) is 0 Å². The Morgan fingerprint density at radius 2 is 1.65 bits per heavy atom. The summed E-state index contributed by atoms with van der Waals surface area (Å²) in [5, 5.41) is 1.23. The minimum absolute atomic E-state index is 0.157. The first-order valence-electron chi connectivity index (χ1n) is 10.5. The number of carbonyl (C=O) groups is 1. The van der Waals surface area contributed by atoms with Crippen molar-refractivity contribution in [3.05, 3.63) is 113 Å². The monoisotopic (exact) mass is 402 g/mol. The highest BCUT2D eigenvalue weighted by Gasteiger charge is 2.31. The fourth-order valence-electron chi connectivity index (χ4n) is 4.18. The molecule has 1 atom stereocenters. The molecule has 2 heterocycles. The van der Waals surface area contributed by atoms with Crippen LogP contribution in [0.1, 0.15) is 28.4 Å². The number of fused-ring (bicyclic) bond motifs is 3. The van der Waals surface area contributed by atoms with E-state index in [4.69, 9.17) is 0 Å². The van der Waals surface area contributed by atoms with Gasteiger partial charge in [-0.15, -0.1) is 0 Å². The fraction of sp³-hybridized carbons (Fsp3) is 0.107. The Labute approximate surface area is 182 Å². The van der Waals surface area contributed by atoms with Crippen LogP contribution in [0.15, 0.2) is 91.0 Å².